The third-order valence-corrected chi connectivity index (χ3v) is 2.62. The van der Waals surface area contributed by atoms with E-state index in [1.807, 2.05) is 6.07 Å². The number of nitrogens with one attached hydrogen (secondary N) is 1. The van der Waals surface area contributed by atoms with Gasteiger partial charge in [-0.25, -0.2) is 4.98 Å². The zero-order chi connectivity index (χ0) is 14.6. The molecule has 0 spiro atoms. The van der Waals surface area contributed by atoms with Crippen molar-refractivity contribution in [3.05, 3.63) is 59.3 Å². The van der Waals surface area contributed by atoms with E-state index in [4.69, 9.17) is 5.26 Å². The van der Waals surface area contributed by atoms with Crippen LogP contribution in [0.1, 0.15) is 16.7 Å². The molecular formula is C14H10F3N3. The predicted octanol–water partition coefficient (Wildman–Crippen LogP) is 3.58. The maximum Gasteiger partial charge on any atom is 0.416 e. The summed E-state index contributed by atoms with van der Waals surface area (Å²) in [5.74, 6) is 0.446. The number of rotatable bonds is 3. The predicted molar refractivity (Wildman–Crippen MR) is 67.7 cm³/mol. The zero-order valence-corrected chi connectivity index (χ0v) is 10.3. The molecule has 0 amide bonds. The van der Waals surface area contributed by atoms with Gasteiger partial charge >= 0.3 is 6.18 Å². The van der Waals surface area contributed by atoms with E-state index in [2.05, 4.69) is 10.3 Å². The molecule has 0 radical (unpaired) electrons. The highest BCUT2D eigenvalue weighted by Crippen LogP contribution is 2.29. The Hall–Kier alpha value is -2.55. The van der Waals surface area contributed by atoms with Gasteiger partial charge in [-0.2, -0.15) is 18.4 Å². The molecule has 1 N–H and O–H groups in total. The van der Waals surface area contributed by atoms with Crippen molar-refractivity contribution in [2.24, 2.45) is 0 Å². The zero-order valence-electron chi connectivity index (χ0n) is 10.3. The second-order valence-electron chi connectivity index (χ2n) is 4.09. The molecule has 3 nitrogen and oxygen atoms in total. The van der Waals surface area contributed by atoms with Gasteiger partial charge in [0.1, 0.15) is 5.82 Å². The largest absolute Gasteiger partial charge is 0.416 e. The van der Waals surface area contributed by atoms with Gasteiger partial charge in [-0.3, -0.25) is 0 Å². The van der Waals surface area contributed by atoms with Crippen molar-refractivity contribution >= 4 is 5.82 Å². The Morgan fingerprint density at radius 2 is 2.00 bits per heavy atom. The molecule has 1 aromatic carbocycles. The molecule has 0 aliphatic heterocycles. The highest BCUT2D eigenvalue weighted by Gasteiger charge is 2.30. The molecule has 2 aromatic rings. The molecule has 0 bridgehead atoms. The number of benzene rings is 1. The standard InChI is InChI=1S/C14H10F3N3/c15-14(16,17)12-3-1-2-11(6-12)9-20-13-7-10(8-18)4-5-19-13/h1-7H,9H2,(H,19,20). The van der Waals surface area contributed by atoms with Crippen LogP contribution in [0.3, 0.4) is 0 Å². The molecule has 0 saturated carbocycles. The Labute approximate surface area is 113 Å². The minimum absolute atomic E-state index is 0.200. The lowest BCUT2D eigenvalue weighted by Gasteiger charge is -2.10. The molecule has 0 aliphatic carbocycles. The SMILES string of the molecule is N#Cc1ccnc(NCc2cccc(C(F)(F)F)c2)c1. The summed E-state index contributed by atoms with van der Waals surface area (Å²) in [6.45, 7) is 0.200. The number of halogens is 3. The minimum Gasteiger partial charge on any atom is -0.366 e. The molecule has 2 rings (SSSR count). The van der Waals surface area contributed by atoms with Gasteiger partial charge in [-0.15, -0.1) is 0 Å². The van der Waals surface area contributed by atoms with Crippen LogP contribution < -0.4 is 5.32 Å². The van der Waals surface area contributed by atoms with Gasteiger partial charge in [0.05, 0.1) is 17.2 Å². The van der Waals surface area contributed by atoms with Crippen molar-refractivity contribution in [1.29, 1.82) is 5.26 Å². The van der Waals surface area contributed by atoms with Gasteiger partial charge in [-0.05, 0) is 29.8 Å². The fourth-order valence-electron chi connectivity index (χ4n) is 1.65. The molecule has 1 heterocycles. The molecule has 1 aromatic heterocycles. The first-order chi connectivity index (χ1) is 9.49. The van der Waals surface area contributed by atoms with E-state index >= 15 is 0 Å². The summed E-state index contributed by atoms with van der Waals surface area (Å²) in [6.07, 6.45) is -2.89. The summed E-state index contributed by atoms with van der Waals surface area (Å²) in [5, 5.41) is 11.6. The lowest BCUT2D eigenvalue weighted by atomic mass is 10.1. The van der Waals surface area contributed by atoms with Crippen molar-refractivity contribution in [1.82, 2.24) is 4.98 Å². The maximum absolute atomic E-state index is 12.6. The highest BCUT2D eigenvalue weighted by molar-refractivity contribution is 5.43. The van der Waals surface area contributed by atoms with E-state index < -0.39 is 11.7 Å². The van der Waals surface area contributed by atoms with E-state index in [0.717, 1.165) is 12.1 Å². The molecule has 0 unspecified atom stereocenters. The monoisotopic (exact) mass is 277 g/mol. The normalized spacial score (nSPS) is 10.9. The smallest absolute Gasteiger partial charge is 0.366 e. The van der Waals surface area contributed by atoms with Gasteiger partial charge in [0.25, 0.3) is 0 Å². The van der Waals surface area contributed by atoms with Crippen LogP contribution in [0, 0.1) is 11.3 Å². The first kappa shape index (κ1) is 13.9. The van der Waals surface area contributed by atoms with Crippen LogP contribution in [-0.4, -0.2) is 4.98 Å². The van der Waals surface area contributed by atoms with Crippen LogP contribution in [0.25, 0.3) is 0 Å². The minimum atomic E-state index is -4.35. The van der Waals surface area contributed by atoms with Gasteiger partial charge in [0.2, 0.25) is 0 Å². The number of aromatic nitrogens is 1. The Kier molecular flexibility index (Phi) is 3.89. The molecular weight excluding hydrogens is 267 g/mol. The van der Waals surface area contributed by atoms with E-state index in [9.17, 15) is 13.2 Å². The fraction of sp³-hybridized carbons (Fsp3) is 0.143. The highest BCUT2D eigenvalue weighted by atomic mass is 19.4. The van der Waals surface area contributed by atoms with Crippen molar-refractivity contribution in [2.45, 2.75) is 12.7 Å². The molecule has 0 atom stereocenters. The summed E-state index contributed by atoms with van der Waals surface area (Å²) in [4.78, 5) is 3.99. The number of nitrogens with zero attached hydrogens (tertiary/aromatic N) is 2. The first-order valence-corrected chi connectivity index (χ1v) is 5.75. The lowest BCUT2D eigenvalue weighted by Crippen LogP contribution is -2.07. The van der Waals surface area contributed by atoms with Gasteiger partial charge in [-0.1, -0.05) is 12.1 Å². The van der Waals surface area contributed by atoms with E-state index in [0.29, 0.717) is 16.9 Å². The summed E-state index contributed by atoms with van der Waals surface area (Å²) in [6, 6.07) is 10.1. The van der Waals surface area contributed by atoms with E-state index in [-0.39, 0.29) is 6.54 Å². The molecule has 102 valence electrons. The second kappa shape index (κ2) is 5.61. The van der Waals surface area contributed by atoms with Crippen molar-refractivity contribution in [3.8, 4) is 6.07 Å². The Morgan fingerprint density at radius 3 is 2.70 bits per heavy atom. The summed E-state index contributed by atoms with van der Waals surface area (Å²) >= 11 is 0. The quantitative estimate of drug-likeness (QED) is 0.932. The van der Waals surface area contributed by atoms with E-state index in [1.165, 1.54) is 18.3 Å². The number of hydrogen-bond acceptors (Lipinski definition) is 3. The second-order valence-corrected chi connectivity index (χ2v) is 4.09. The number of pyridine rings is 1. The molecule has 0 saturated heterocycles. The first-order valence-electron chi connectivity index (χ1n) is 5.75. The molecule has 6 heteroatoms. The number of alkyl halides is 3. The van der Waals surface area contributed by atoms with Crippen LogP contribution in [0.2, 0.25) is 0 Å². The third-order valence-electron chi connectivity index (χ3n) is 2.62. The van der Waals surface area contributed by atoms with Gasteiger partial charge in [0.15, 0.2) is 0 Å². The van der Waals surface area contributed by atoms with Gasteiger partial charge in [0, 0.05) is 12.7 Å². The average Bonchev–Trinajstić information content (AvgIpc) is 2.45. The van der Waals surface area contributed by atoms with E-state index in [1.54, 1.807) is 12.1 Å². The van der Waals surface area contributed by atoms with Crippen molar-refractivity contribution in [2.75, 3.05) is 5.32 Å². The number of hydrogen-bond donors (Lipinski definition) is 1. The summed E-state index contributed by atoms with van der Waals surface area (Å²) < 4.78 is 37.7. The topological polar surface area (TPSA) is 48.7 Å². The summed E-state index contributed by atoms with van der Waals surface area (Å²) in [5.41, 5.74) is 0.242. The van der Waals surface area contributed by atoms with Crippen LogP contribution in [0.15, 0.2) is 42.6 Å². The summed E-state index contributed by atoms with van der Waals surface area (Å²) in [7, 11) is 0. The Morgan fingerprint density at radius 1 is 1.20 bits per heavy atom. The Bertz CT molecular complexity index is 645. The lowest BCUT2D eigenvalue weighted by molar-refractivity contribution is -0.137. The number of nitriles is 1. The molecule has 0 fully saturated rings. The fourth-order valence-corrected chi connectivity index (χ4v) is 1.65. The Balaban J connectivity index is 2.09. The third kappa shape index (κ3) is 3.48. The van der Waals surface area contributed by atoms with Crippen molar-refractivity contribution < 1.29 is 13.2 Å². The van der Waals surface area contributed by atoms with Gasteiger partial charge < -0.3 is 5.32 Å². The molecule has 20 heavy (non-hydrogen) atoms. The van der Waals surface area contributed by atoms with Crippen LogP contribution in [-0.2, 0) is 12.7 Å². The molecule has 0 aliphatic rings. The maximum atomic E-state index is 12.6. The van der Waals surface area contributed by atoms with Crippen molar-refractivity contribution in [3.63, 3.8) is 0 Å². The number of anilines is 1. The van der Waals surface area contributed by atoms with Crippen LogP contribution in [0.4, 0.5) is 19.0 Å². The van der Waals surface area contributed by atoms with Crippen LogP contribution >= 0.6 is 0 Å². The average molecular weight is 277 g/mol. The van der Waals surface area contributed by atoms with Crippen LogP contribution in [0.5, 0.6) is 0 Å².